The number of rotatable bonds is 4. The lowest BCUT2D eigenvalue weighted by Crippen LogP contribution is -2.05. The van der Waals surface area contributed by atoms with Crippen LogP contribution in [0.25, 0.3) is 10.9 Å². The third kappa shape index (κ3) is 2.94. The molecule has 0 aliphatic heterocycles. The topological polar surface area (TPSA) is 56.7 Å². The van der Waals surface area contributed by atoms with Crippen molar-refractivity contribution in [3.05, 3.63) is 47.7 Å². The zero-order valence-corrected chi connectivity index (χ0v) is 13.0. The Morgan fingerprint density at radius 2 is 2.05 bits per heavy atom. The van der Waals surface area contributed by atoms with Gasteiger partial charge in [-0.1, -0.05) is 30.0 Å². The molecule has 0 saturated carbocycles. The van der Waals surface area contributed by atoms with Crippen molar-refractivity contribution in [1.29, 1.82) is 0 Å². The van der Waals surface area contributed by atoms with Crippen molar-refractivity contribution in [2.75, 3.05) is 6.54 Å². The molecule has 0 radical (unpaired) electrons. The fraction of sp³-hybridized carbons (Fsp3) is 0.250. The molecule has 2 heterocycles. The van der Waals surface area contributed by atoms with Gasteiger partial charge in [0.05, 0.1) is 11.2 Å². The second-order valence-electron chi connectivity index (χ2n) is 5.03. The summed E-state index contributed by atoms with van der Waals surface area (Å²) < 4.78 is 1.89. The Morgan fingerprint density at radius 1 is 1.24 bits per heavy atom. The van der Waals surface area contributed by atoms with Crippen LogP contribution in [0.2, 0.25) is 0 Å². The van der Waals surface area contributed by atoms with E-state index in [4.69, 9.17) is 10.7 Å². The summed E-state index contributed by atoms with van der Waals surface area (Å²) in [5.41, 5.74) is 8.97. The summed E-state index contributed by atoms with van der Waals surface area (Å²) in [6.45, 7) is 2.62. The van der Waals surface area contributed by atoms with Crippen LogP contribution in [0.1, 0.15) is 11.3 Å². The van der Waals surface area contributed by atoms with Gasteiger partial charge in [-0.05, 0) is 43.7 Å². The first-order valence-electron chi connectivity index (χ1n) is 6.94. The van der Waals surface area contributed by atoms with Crippen LogP contribution in [0, 0.1) is 6.92 Å². The van der Waals surface area contributed by atoms with Crippen molar-refractivity contribution < 1.29 is 0 Å². The van der Waals surface area contributed by atoms with E-state index in [2.05, 4.69) is 23.3 Å². The minimum atomic E-state index is 0.623. The Labute approximate surface area is 128 Å². The van der Waals surface area contributed by atoms with E-state index in [9.17, 15) is 0 Å². The van der Waals surface area contributed by atoms with Gasteiger partial charge in [-0.15, -0.1) is 0 Å². The number of aryl methyl sites for hydroxylation is 2. The van der Waals surface area contributed by atoms with Crippen LogP contribution in [0.5, 0.6) is 0 Å². The lowest BCUT2D eigenvalue weighted by atomic mass is 10.1. The molecule has 0 saturated heterocycles. The molecule has 108 valence electrons. The van der Waals surface area contributed by atoms with Gasteiger partial charge in [0.1, 0.15) is 10.1 Å². The largest absolute Gasteiger partial charge is 0.330 e. The molecular formula is C16H18N4S. The number of hydrogen-bond acceptors (Lipinski definition) is 4. The first-order chi connectivity index (χ1) is 10.2. The van der Waals surface area contributed by atoms with E-state index in [1.807, 2.05) is 36.9 Å². The number of fused-ring (bicyclic) bond motifs is 1. The summed E-state index contributed by atoms with van der Waals surface area (Å²) >= 11 is 1.65. The van der Waals surface area contributed by atoms with E-state index in [0.29, 0.717) is 6.54 Å². The molecule has 4 nitrogen and oxygen atoms in total. The number of nitrogens with zero attached hydrogens (tertiary/aromatic N) is 3. The highest BCUT2D eigenvalue weighted by molar-refractivity contribution is 7.99. The minimum Gasteiger partial charge on any atom is -0.330 e. The van der Waals surface area contributed by atoms with Crippen molar-refractivity contribution in [1.82, 2.24) is 14.8 Å². The highest BCUT2D eigenvalue weighted by Gasteiger charge is 2.11. The van der Waals surface area contributed by atoms with Crippen LogP contribution in [-0.4, -0.2) is 21.3 Å². The van der Waals surface area contributed by atoms with Crippen LogP contribution in [0.3, 0.4) is 0 Å². The van der Waals surface area contributed by atoms with Gasteiger partial charge in [-0.3, -0.25) is 4.68 Å². The minimum absolute atomic E-state index is 0.623. The van der Waals surface area contributed by atoms with Gasteiger partial charge in [0.2, 0.25) is 0 Å². The predicted octanol–water partition coefficient (Wildman–Crippen LogP) is 2.93. The first kappa shape index (κ1) is 14.1. The summed E-state index contributed by atoms with van der Waals surface area (Å²) in [6, 6.07) is 12.5. The molecule has 0 bridgehead atoms. The van der Waals surface area contributed by atoms with E-state index in [1.54, 1.807) is 11.8 Å². The summed E-state index contributed by atoms with van der Waals surface area (Å²) in [7, 11) is 1.96. The molecule has 0 atom stereocenters. The highest BCUT2D eigenvalue weighted by atomic mass is 32.2. The summed E-state index contributed by atoms with van der Waals surface area (Å²) in [4.78, 5) is 4.81. The van der Waals surface area contributed by atoms with Crippen LogP contribution in [0.4, 0.5) is 0 Å². The quantitative estimate of drug-likeness (QED) is 0.804. The third-order valence-corrected chi connectivity index (χ3v) is 4.48. The van der Waals surface area contributed by atoms with Crippen molar-refractivity contribution in [2.45, 2.75) is 23.4 Å². The maximum atomic E-state index is 5.75. The molecule has 1 aromatic carbocycles. The van der Waals surface area contributed by atoms with Crippen LogP contribution in [-0.2, 0) is 13.5 Å². The Hall–Kier alpha value is -1.85. The molecule has 0 spiro atoms. The molecule has 3 aromatic rings. The maximum Gasteiger partial charge on any atom is 0.106 e. The van der Waals surface area contributed by atoms with E-state index < -0.39 is 0 Å². The maximum absolute atomic E-state index is 5.75. The molecule has 0 amide bonds. The standard InChI is InChI=1S/C16H18N4S/c1-11-9-15(20(2)19-11)21-16-13(7-8-17)10-12-5-3-4-6-14(12)18-16/h3-6,9-10H,7-8,17H2,1-2H3. The fourth-order valence-corrected chi connectivity index (χ4v) is 3.38. The number of benzene rings is 1. The zero-order valence-electron chi connectivity index (χ0n) is 12.2. The van der Waals surface area contributed by atoms with Gasteiger partial charge in [0.15, 0.2) is 0 Å². The molecule has 5 heteroatoms. The summed E-state index contributed by atoms with van der Waals surface area (Å²) in [6.07, 6.45) is 0.830. The predicted molar refractivity (Wildman–Crippen MR) is 86.6 cm³/mol. The number of nitrogens with two attached hydrogens (primary N) is 1. The first-order valence-corrected chi connectivity index (χ1v) is 7.76. The summed E-state index contributed by atoms with van der Waals surface area (Å²) in [5.74, 6) is 0. The molecule has 0 aliphatic rings. The second kappa shape index (κ2) is 5.87. The number of hydrogen-bond donors (Lipinski definition) is 1. The van der Waals surface area contributed by atoms with Gasteiger partial charge in [-0.2, -0.15) is 5.10 Å². The van der Waals surface area contributed by atoms with Crippen LogP contribution >= 0.6 is 11.8 Å². The zero-order chi connectivity index (χ0) is 14.8. The van der Waals surface area contributed by atoms with E-state index >= 15 is 0 Å². The smallest absolute Gasteiger partial charge is 0.106 e. The SMILES string of the molecule is Cc1cc(Sc2nc3ccccc3cc2CCN)n(C)n1. The Balaban J connectivity index is 2.06. The normalized spacial score (nSPS) is 11.2. The lowest BCUT2D eigenvalue weighted by molar-refractivity contribution is 0.692. The molecule has 2 aromatic heterocycles. The molecule has 3 rings (SSSR count). The number of pyridine rings is 1. The van der Waals surface area contributed by atoms with Crippen molar-refractivity contribution in [3.63, 3.8) is 0 Å². The molecule has 0 unspecified atom stereocenters. The Bertz CT molecular complexity index is 779. The van der Waals surface area contributed by atoms with E-state index in [-0.39, 0.29) is 0 Å². The van der Waals surface area contributed by atoms with Crippen LogP contribution < -0.4 is 5.73 Å². The fourth-order valence-electron chi connectivity index (χ4n) is 2.35. The van der Waals surface area contributed by atoms with Crippen molar-refractivity contribution >= 4 is 22.7 Å². The van der Waals surface area contributed by atoms with Gasteiger partial charge in [0, 0.05) is 12.4 Å². The Morgan fingerprint density at radius 3 is 2.76 bits per heavy atom. The number of aromatic nitrogens is 3. The van der Waals surface area contributed by atoms with E-state index in [0.717, 1.165) is 33.1 Å². The molecular weight excluding hydrogens is 280 g/mol. The van der Waals surface area contributed by atoms with E-state index in [1.165, 1.54) is 5.56 Å². The number of para-hydroxylation sites is 1. The Kier molecular flexibility index (Phi) is 3.94. The molecule has 2 N–H and O–H groups in total. The molecule has 0 fully saturated rings. The van der Waals surface area contributed by atoms with Gasteiger partial charge in [0.25, 0.3) is 0 Å². The monoisotopic (exact) mass is 298 g/mol. The van der Waals surface area contributed by atoms with Gasteiger partial charge < -0.3 is 5.73 Å². The van der Waals surface area contributed by atoms with Crippen molar-refractivity contribution in [2.24, 2.45) is 12.8 Å². The molecule has 21 heavy (non-hydrogen) atoms. The average molecular weight is 298 g/mol. The summed E-state index contributed by atoms with van der Waals surface area (Å²) in [5, 5.41) is 7.65. The second-order valence-corrected chi connectivity index (χ2v) is 6.04. The van der Waals surface area contributed by atoms with Gasteiger partial charge >= 0.3 is 0 Å². The van der Waals surface area contributed by atoms with Crippen molar-refractivity contribution in [3.8, 4) is 0 Å². The van der Waals surface area contributed by atoms with Gasteiger partial charge in [-0.25, -0.2) is 4.98 Å². The average Bonchev–Trinajstić information content (AvgIpc) is 2.78. The lowest BCUT2D eigenvalue weighted by Gasteiger charge is -2.09. The third-order valence-electron chi connectivity index (χ3n) is 3.34. The van der Waals surface area contributed by atoms with Crippen LogP contribution in [0.15, 0.2) is 46.5 Å². The molecule has 0 aliphatic carbocycles. The highest BCUT2D eigenvalue weighted by Crippen LogP contribution is 2.31.